The number of carbonyl (C=O) groups is 1. The first-order valence-electron chi connectivity index (χ1n) is 7.56. The molecule has 7 nitrogen and oxygen atoms in total. The van der Waals surface area contributed by atoms with E-state index in [0.717, 1.165) is 5.56 Å². The van der Waals surface area contributed by atoms with Crippen molar-refractivity contribution in [3.05, 3.63) is 84.4 Å². The van der Waals surface area contributed by atoms with Crippen LogP contribution in [0.5, 0.6) is 0 Å². The highest BCUT2D eigenvalue weighted by molar-refractivity contribution is 9.10. The quantitative estimate of drug-likeness (QED) is 0.412. The van der Waals surface area contributed by atoms with Crippen LogP contribution in [-0.4, -0.2) is 20.6 Å². The molecule has 3 rings (SSSR count). The van der Waals surface area contributed by atoms with E-state index in [1.54, 1.807) is 29.1 Å². The van der Waals surface area contributed by atoms with Gasteiger partial charge in [0.25, 0.3) is 11.6 Å². The van der Waals surface area contributed by atoms with Crippen molar-refractivity contribution in [1.29, 1.82) is 0 Å². The van der Waals surface area contributed by atoms with Crippen LogP contribution in [0.25, 0.3) is 0 Å². The predicted octanol–water partition coefficient (Wildman–Crippen LogP) is 5.16. The number of anilines is 1. The van der Waals surface area contributed by atoms with Crippen LogP contribution in [0.3, 0.4) is 0 Å². The van der Waals surface area contributed by atoms with Gasteiger partial charge in [-0.1, -0.05) is 35.3 Å². The molecule has 0 fully saturated rings. The highest BCUT2D eigenvalue weighted by Gasteiger charge is 2.15. The van der Waals surface area contributed by atoms with Crippen molar-refractivity contribution >= 4 is 56.5 Å². The van der Waals surface area contributed by atoms with Gasteiger partial charge in [-0.15, -0.1) is 0 Å². The first-order chi connectivity index (χ1) is 12.8. The summed E-state index contributed by atoms with van der Waals surface area (Å²) in [6.45, 7) is 0.376. The standard InChI is InChI=1S/C17H11BrCl2N4O3/c18-14-9-23(8-11-4-5-12(19)7-15(11)20)22-16(14)21-17(25)10-2-1-3-13(6-10)24(26)27/h1-7,9H,8H2,(H,21,22,25). The monoisotopic (exact) mass is 468 g/mol. The maximum atomic E-state index is 12.4. The Bertz CT molecular complexity index is 1040. The molecule has 0 unspecified atom stereocenters. The Morgan fingerprint density at radius 3 is 2.74 bits per heavy atom. The maximum absolute atomic E-state index is 12.4. The Labute approximate surface area is 172 Å². The fraction of sp³-hybridized carbons (Fsp3) is 0.0588. The molecule has 0 aliphatic heterocycles. The van der Waals surface area contributed by atoms with E-state index >= 15 is 0 Å². The van der Waals surface area contributed by atoms with Gasteiger partial charge in [0, 0.05) is 33.9 Å². The number of nitro groups is 1. The Kier molecular flexibility index (Phi) is 5.79. The number of halogens is 3. The van der Waals surface area contributed by atoms with Gasteiger partial charge in [-0.2, -0.15) is 5.10 Å². The summed E-state index contributed by atoms with van der Waals surface area (Å²) in [5.74, 6) is -0.217. The zero-order chi connectivity index (χ0) is 19.6. The minimum Gasteiger partial charge on any atom is -0.304 e. The van der Waals surface area contributed by atoms with E-state index in [1.165, 1.54) is 24.3 Å². The maximum Gasteiger partial charge on any atom is 0.270 e. The molecule has 0 bridgehead atoms. The van der Waals surface area contributed by atoms with E-state index in [0.29, 0.717) is 21.1 Å². The first kappa shape index (κ1) is 19.3. The lowest BCUT2D eigenvalue weighted by atomic mass is 10.2. The Balaban J connectivity index is 1.77. The van der Waals surface area contributed by atoms with E-state index in [9.17, 15) is 14.9 Å². The molecule has 0 saturated heterocycles. The second-order valence-electron chi connectivity index (χ2n) is 5.52. The molecule has 3 aromatic rings. The fourth-order valence-corrected chi connectivity index (χ4v) is 3.21. The molecule has 1 N–H and O–H groups in total. The third kappa shape index (κ3) is 4.65. The molecule has 2 aromatic carbocycles. The lowest BCUT2D eigenvalue weighted by Gasteiger charge is -2.05. The van der Waals surface area contributed by atoms with Crippen molar-refractivity contribution in [2.24, 2.45) is 0 Å². The number of benzene rings is 2. The zero-order valence-electron chi connectivity index (χ0n) is 13.5. The van der Waals surface area contributed by atoms with Crippen LogP contribution in [0.15, 0.2) is 53.1 Å². The summed E-state index contributed by atoms with van der Waals surface area (Å²) < 4.78 is 2.16. The fourth-order valence-electron chi connectivity index (χ4n) is 2.33. The Morgan fingerprint density at radius 2 is 2.04 bits per heavy atom. The minimum absolute atomic E-state index is 0.159. The average molecular weight is 470 g/mol. The third-order valence-corrected chi connectivity index (χ3v) is 4.78. The number of rotatable bonds is 5. The number of nitrogens with one attached hydrogen (secondary N) is 1. The summed E-state index contributed by atoms with van der Waals surface area (Å²) in [6, 6.07) is 10.6. The highest BCUT2D eigenvalue weighted by atomic mass is 79.9. The molecule has 0 atom stereocenters. The molecule has 27 heavy (non-hydrogen) atoms. The summed E-state index contributed by atoms with van der Waals surface area (Å²) in [6.07, 6.45) is 1.69. The molecular weight excluding hydrogens is 459 g/mol. The average Bonchev–Trinajstić information content (AvgIpc) is 2.96. The van der Waals surface area contributed by atoms with E-state index in [2.05, 4.69) is 26.3 Å². The number of amides is 1. The van der Waals surface area contributed by atoms with Crippen LogP contribution in [0.1, 0.15) is 15.9 Å². The smallest absolute Gasteiger partial charge is 0.270 e. The van der Waals surface area contributed by atoms with Crippen molar-refractivity contribution in [1.82, 2.24) is 9.78 Å². The second kappa shape index (κ2) is 8.08. The summed E-state index contributed by atoms with van der Waals surface area (Å²) in [5, 5.41) is 18.8. The van der Waals surface area contributed by atoms with E-state index in [1.807, 2.05) is 0 Å². The van der Waals surface area contributed by atoms with Gasteiger partial charge >= 0.3 is 0 Å². The van der Waals surface area contributed by atoms with Crippen molar-refractivity contribution in [3.8, 4) is 0 Å². The van der Waals surface area contributed by atoms with Crippen molar-refractivity contribution in [3.63, 3.8) is 0 Å². The molecule has 138 valence electrons. The molecule has 0 aliphatic rings. The van der Waals surface area contributed by atoms with Crippen LogP contribution in [0.4, 0.5) is 11.5 Å². The molecule has 10 heteroatoms. The van der Waals surface area contributed by atoms with Gasteiger partial charge in [0.2, 0.25) is 0 Å². The number of hydrogen-bond acceptors (Lipinski definition) is 4. The van der Waals surface area contributed by atoms with E-state index < -0.39 is 10.8 Å². The third-order valence-electron chi connectivity index (χ3n) is 3.62. The van der Waals surface area contributed by atoms with Gasteiger partial charge in [-0.25, -0.2) is 0 Å². The molecule has 0 saturated carbocycles. The predicted molar refractivity (Wildman–Crippen MR) is 107 cm³/mol. The number of nitro benzene ring substituents is 1. The summed E-state index contributed by atoms with van der Waals surface area (Å²) >= 11 is 15.4. The molecule has 1 aromatic heterocycles. The highest BCUT2D eigenvalue weighted by Crippen LogP contribution is 2.25. The lowest BCUT2D eigenvalue weighted by Crippen LogP contribution is -2.13. The molecule has 0 aliphatic carbocycles. The van der Waals surface area contributed by atoms with Crippen LogP contribution in [0, 0.1) is 10.1 Å². The normalized spacial score (nSPS) is 10.6. The summed E-state index contributed by atoms with van der Waals surface area (Å²) in [5.41, 5.74) is 0.809. The zero-order valence-corrected chi connectivity index (χ0v) is 16.6. The van der Waals surface area contributed by atoms with Gasteiger partial charge in [-0.3, -0.25) is 19.6 Å². The SMILES string of the molecule is O=C(Nc1nn(Cc2ccc(Cl)cc2Cl)cc1Br)c1cccc([N+](=O)[O-])c1. The van der Waals surface area contributed by atoms with Gasteiger partial charge in [0.05, 0.1) is 15.9 Å². The van der Waals surface area contributed by atoms with Gasteiger partial charge in [0.1, 0.15) is 0 Å². The van der Waals surface area contributed by atoms with E-state index in [4.69, 9.17) is 23.2 Å². The van der Waals surface area contributed by atoms with Gasteiger partial charge in [0.15, 0.2) is 5.82 Å². The second-order valence-corrected chi connectivity index (χ2v) is 7.22. The summed E-state index contributed by atoms with van der Waals surface area (Å²) in [4.78, 5) is 22.6. The number of aromatic nitrogens is 2. The Morgan fingerprint density at radius 1 is 1.26 bits per heavy atom. The minimum atomic E-state index is -0.558. The first-order valence-corrected chi connectivity index (χ1v) is 9.11. The topological polar surface area (TPSA) is 90.1 Å². The van der Waals surface area contributed by atoms with Crippen molar-refractivity contribution in [2.45, 2.75) is 6.54 Å². The number of carbonyl (C=O) groups excluding carboxylic acids is 1. The van der Waals surface area contributed by atoms with Crippen molar-refractivity contribution < 1.29 is 9.72 Å². The largest absolute Gasteiger partial charge is 0.304 e. The van der Waals surface area contributed by atoms with Crippen LogP contribution >= 0.6 is 39.1 Å². The van der Waals surface area contributed by atoms with Crippen LogP contribution in [-0.2, 0) is 6.54 Å². The number of hydrogen-bond donors (Lipinski definition) is 1. The Hall–Kier alpha value is -2.42. The lowest BCUT2D eigenvalue weighted by molar-refractivity contribution is -0.384. The number of nitrogens with zero attached hydrogens (tertiary/aromatic N) is 3. The van der Waals surface area contributed by atoms with Crippen LogP contribution < -0.4 is 5.32 Å². The molecule has 1 heterocycles. The summed E-state index contributed by atoms with van der Waals surface area (Å²) in [7, 11) is 0. The molecule has 1 amide bonds. The van der Waals surface area contributed by atoms with E-state index in [-0.39, 0.29) is 17.1 Å². The molecule has 0 radical (unpaired) electrons. The molecular formula is C17H11BrCl2N4O3. The van der Waals surface area contributed by atoms with Gasteiger partial charge < -0.3 is 5.32 Å². The molecule has 0 spiro atoms. The van der Waals surface area contributed by atoms with Gasteiger partial charge in [-0.05, 0) is 39.7 Å². The van der Waals surface area contributed by atoms with Crippen molar-refractivity contribution in [2.75, 3.05) is 5.32 Å². The van der Waals surface area contributed by atoms with Crippen LogP contribution in [0.2, 0.25) is 10.0 Å². The number of non-ortho nitro benzene ring substituents is 1.